The molecule has 0 saturated heterocycles. The standard InChI is InChI=1S/C17H31N3/c1-5-8-10-20(11-9-6-2)17-12-15(4)19-14-16(17)13-18-7-3/h12,14,18H,5-11,13H2,1-4H3. The SMILES string of the molecule is CCCCN(CCCC)c1cc(C)ncc1CNCC. The van der Waals surface area contributed by atoms with E-state index < -0.39 is 0 Å². The molecule has 114 valence electrons. The van der Waals surface area contributed by atoms with E-state index in [0.29, 0.717) is 0 Å². The minimum absolute atomic E-state index is 0.911. The summed E-state index contributed by atoms with van der Waals surface area (Å²) in [6, 6.07) is 2.25. The number of aryl methyl sites for hydroxylation is 1. The highest BCUT2D eigenvalue weighted by Crippen LogP contribution is 2.22. The van der Waals surface area contributed by atoms with E-state index in [1.165, 1.54) is 36.9 Å². The van der Waals surface area contributed by atoms with Crippen molar-refractivity contribution in [2.75, 3.05) is 24.5 Å². The molecule has 3 nitrogen and oxygen atoms in total. The highest BCUT2D eigenvalue weighted by molar-refractivity contribution is 5.53. The first kappa shape index (κ1) is 17.0. The summed E-state index contributed by atoms with van der Waals surface area (Å²) in [5.74, 6) is 0. The van der Waals surface area contributed by atoms with E-state index in [9.17, 15) is 0 Å². The maximum absolute atomic E-state index is 4.47. The summed E-state index contributed by atoms with van der Waals surface area (Å²) in [6.07, 6.45) is 7.04. The summed E-state index contributed by atoms with van der Waals surface area (Å²) in [5.41, 5.74) is 3.81. The van der Waals surface area contributed by atoms with Gasteiger partial charge in [0.25, 0.3) is 0 Å². The van der Waals surface area contributed by atoms with Crippen LogP contribution in [0.5, 0.6) is 0 Å². The average Bonchev–Trinajstić information content (AvgIpc) is 2.46. The Morgan fingerprint density at radius 1 is 1.10 bits per heavy atom. The van der Waals surface area contributed by atoms with Crippen LogP contribution in [-0.4, -0.2) is 24.6 Å². The molecule has 0 aliphatic heterocycles. The summed E-state index contributed by atoms with van der Waals surface area (Å²) in [7, 11) is 0. The second-order valence-electron chi connectivity index (χ2n) is 5.43. The maximum atomic E-state index is 4.47. The molecule has 0 fully saturated rings. The lowest BCUT2D eigenvalue weighted by Gasteiger charge is -2.27. The predicted octanol–water partition coefficient (Wildman–Crippen LogP) is 3.91. The largest absolute Gasteiger partial charge is 0.371 e. The molecule has 0 amide bonds. The van der Waals surface area contributed by atoms with Crippen LogP contribution in [-0.2, 0) is 6.54 Å². The maximum Gasteiger partial charge on any atom is 0.0445 e. The number of nitrogens with one attached hydrogen (secondary N) is 1. The highest BCUT2D eigenvalue weighted by atomic mass is 15.1. The summed E-state index contributed by atoms with van der Waals surface area (Å²) in [5, 5.41) is 3.42. The second kappa shape index (κ2) is 9.76. The van der Waals surface area contributed by atoms with Crippen molar-refractivity contribution < 1.29 is 0 Å². The quantitative estimate of drug-likeness (QED) is 0.703. The molecule has 0 atom stereocenters. The molecule has 1 N–H and O–H groups in total. The summed E-state index contributed by atoms with van der Waals surface area (Å²) in [6.45, 7) is 13.0. The van der Waals surface area contributed by atoms with E-state index >= 15 is 0 Å². The van der Waals surface area contributed by atoms with Crippen LogP contribution in [0.2, 0.25) is 0 Å². The van der Waals surface area contributed by atoms with Crippen molar-refractivity contribution in [3.63, 3.8) is 0 Å². The molecule has 0 aromatic carbocycles. The van der Waals surface area contributed by atoms with Crippen LogP contribution in [0.25, 0.3) is 0 Å². The number of unbranched alkanes of at least 4 members (excludes halogenated alkanes) is 2. The third-order valence-corrected chi connectivity index (χ3v) is 3.57. The summed E-state index contributed by atoms with van der Waals surface area (Å²) >= 11 is 0. The molecule has 1 heterocycles. The molecular weight excluding hydrogens is 246 g/mol. The van der Waals surface area contributed by atoms with Gasteiger partial charge in [-0.3, -0.25) is 4.98 Å². The van der Waals surface area contributed by atoms with Crippen molar-refractivity contribution in [1.29, 1.82) is 0 Å². The molecule has 0 radical (unpaired) electrons. The monoisotopic (exact) mass is 277 g/mol. The number of rotatable bonds is 10. The van der Waals surface area contributed by atoms with Gasteiger partial charge in [-0.05, 0) is 32.4 Å². The lowest BCUT2D eigenvalue weighted by atomic mass is 10.1. The van der Waals surface area contributed by atoms with Crippen molar-refractivity contribution in [3.05, 3.63) is 23.5 Å². The van der Waals surface area contributed by atoms with Gasteiger partial charge < -0.3 is 10.2 Å². The van der Waals surface area contributed by atoms with Gasteiger partial charge in [-0.15, -0.1) is 0 Å². The van der Waals surface area contributed by atoms with Gasteiger partial charge in [0.1, 0.15) is 0 Å². The predicted molar refractivity (Wildman–Crippen MR) is 88.4 cm³/mol. The number of pyridine rings is 1. The molecule has 0 bridgehead atoms. The van der Waals surface area contributed by atoms with Crippen molar-refractivity contribution >= 4 is 5.69 Å². The van der Waals surface area contributed by atoms with Crippen LogP contribution < -0.4 is 10.2 Å². The normalized spacial score (nSPS) is 10.8. The van der Waals surface area contributed by atoms with Gasteiger partial charge in [-0.25, -0.2) is 0 Å². The fourth-order valence-corrected chi connectivity index (χ4v) is 2.31. The molecule has 0 aliphatic rings. The summed E-state index contributed by atoms with van der Waals surface area (Å²) < 4.78 is 0. The molecule has 1 aromatic heterocycles. The van der Waals surface area contributed by atoms with Crippen molar-refractivity contribution in [2.45, 2.75) is 59.9 Å². The minimum Gasteiger partial charge on any atom is -0.371 e. The third kappa shape index (κ3) is 5.49. The van der Waals surface area contributed by atoms with Crippen molar-refractivity contribution in [3.8, 4) is 0 Å². The molecule has 20 heavy (non-hydrogen) atoms. The van der Waals surface area contributed by atoms with E-state index in [-0.39, 0.29) is 0 Å². The van der Waals surface area contributed by atoms with E-state index in [2.05, 4.69) is 49.0 Å². The second-order valence-corrected chi connectivity index (χ2v) is 5.43. The van der Waals surface area contributed by atoms with Gasteiger partial charge in [0.05, 0.1) is 0 Å². The Kier molecular flexibility index (Phi) is 8.28. The van der Waals surface area contributed by atoms with Crippen LogP contribution in [0.1, 0.15) is 57.7 Å². The van der Waals surface area contributed by atoms with Crippen LogP contribution in [0.3, 0.4) is 0 Å². The number of nitrogens with zero attached hydrogens (tertiary/aromatic N) is 2. The topological polar surface area (TPSA) is 28.2 Å². The summed E-state index contributed by atoms with van der Waals surface area (Å²) in [4.78, 5) is 7.02. The molecule has 1 rings (SSSR count). The van der Waals surface area contributed by atoms with Gasteiger partial charge in [0.2, 0.25) is 0 Å². The minimum atomic E-state index is 0.911. The van der Waals surface area contributed by atoms with Crippen molar-refractivity contribution in [1.82, 2.24) is 10.3 Å². The molecule has 0 spiro atoms. The Bertz CT molecular complexity index is 368. The number of hydrogen-bond donors (Lipinski definition) is 1. The number of hydrogen-bond acceptors (Lipinski definition) is 3. The molecule has 0 saturated carbocycles. The number of aromatic nitrogens is 1. The Morgan fingerprint density at radius 2 is 1.75 bits per heavy atom. The van der Waals surface area contributed by atoms with Crippen molar-refractivity contribution in [2.24, 2.45) is 0 Å². The van der Waals surface area contributed by atoms with Crippen LogP contribution >= 0.6 is 0 Å². The Labute approximate surface area is 124 Å². The third-order valence-electron chi connectivity index (χ3n) is 3.57. The van der Waals surface area contributed by atoms with Gasteiger partial charge >= 0.3 is 0 Å². The molecule has 0 unspecified atom stereocenters. The van der Waals surface area contributed by atoms with E-state index in [0.717, 1.165) is 31.9 Å². The smallest absolute Gasteiger partial charge is 0.0445 e. The molecule has 3 heteroatoms. The first-order chi connectivity index (χ1) is 9.72. The van der Waals surface area contributed by atoms with Crippen LogP contribution in [0, 0.1) is 6.92 Å². The average molecular weight is 277 g/mol. The van der Waals surface area contributed by atoms with E-state index in [4.69, 9.17) is 0 Å². The first-order valence-corrected chi connectivity index (χ1v) is 8.14. The first-order valence-electron chi connectivity index (χ1n) is 8.14. The Morgan fingerprint density at radius 3 is 2.30 bits per heavy atom. The number of anilines is 1. The fraction of sp³-hybridized carbons (Fsp3) is 0.706. The zero-order valence-corrected chi connectivity index (χ0v) is 13.7. The van der Waals surface area contributed by atoms with E-state index in [1.807, 2.05) is 6.20 Å². The lowest BCUT2D eigenvalue weighted by Crippen LogP contribution is -2.28. The van der Waals surface area contributed by atoms with Crippen LogP contribution in [0.15, 0.2) is 12.3 Å². The van der Waals surface area contributed by atoms with Gasteiger partial charge in [-0.1, -0.05) is 33.6 Å². The Balaban J connectivity index is 2.92. The lowest BCUT2D eigenvalue weighted by molar-refractivity contribution is 0.666. The Hall–Kier alpha value is -1.09. The van der Waals surface area contributed by atoms with Gasteiger partial charge in [-0.2, -0.15) is 0 Å². The van der Waals surface area contributed by atoms with Crippen LogP contribution in [0.4, 0.5) is 5.69 Å². The molecule has 1 aromatic rings. The van der Waals surface area contributed by atoms with Gasteiger partial charge in [0, 0.05) is 42.8 Å². The van der Waals surface area contributed by atoms with E-state index in [1.54, 1.807) is 0 Å². The highest BCUT2D eigenvalue weighted by Gasteiger charge is 2.11. The fourth-order valence-electron chi connectivity index (χ4n) is 2.31. The molecular formula is C17H31N3. The zero-order chi connectivity index (χ0) is 14.8. The zero-order valence-electron chi connectivity index (χ0n) is 13.7. The molecule has 0 aliphatic carbocycles. The van der Waals surface area contributed by atoms with Gasteiger partial charge in [0.15, 0.2) is 0 Å².